The first-order chi connectivity index (χ1) is 15.7. The number of nitrogens with one attached hydrogen (secondary N) is 2. The van der Waals surface area contributed by atoms with E-state index in [1.807, 2.05) is 11.8 Å². The van der Waals surface area contributed by atoms with E-state index in [0.717, 1.165) is 56.1 Å². The molecule has 0 saturated heterocycles. The van der Waals surface area contributed by atoms with Gasteiger partial charge < -0.3 is 15.4 Å². The van der Waals surface area contributed by atoms with E-state index < -0.39 is 0 Å². The fraction of sp³-hybridized carbons (Fsp3) is 0.741. The molecule has 0 amide bonds. The smallest absolute Gasteiger partial charge is 0.106 e. The Labute approximate surface area is 208 Å². The molecule has 0 aliphatic rings. The summed E-state index contributed by atoms with van der Waals surface area (Å²) in [5.41, 5.74) is 3.55. The van der Waals surface area contributed by atoms with Crippen LogP contribution in [0.3, 0.4) is 0 Å². The lowest BCUT2D eigenvalue weighted by atomic mass is 10.1. The molecule has 1 aromatic carbocycles. The number of aryl methyl sites for hydroxylation is 1. The van der Waals surface area contributed by atoms with Crippen molar-refractivity contribution in [1.82, 2.24) is 5.32 Å². The van der Waals surface area contributed by atoms with Gasteiger partial charge in [-0.05, 0) is 56.2 Å². The molecule has 0 aromatic heterocycles. The van der Waals surface area contributed by atoms with Crippen LogP contribution in [0, 0.1) is 6.92 Å². The topological polar surface area (TPSA) is 33.3 Å². The summed E-state index contributed by atoms with van der Waals surface area (Å²) in [6.07, 6.45) is 17.8. The SMILES string of the molecule is CCCCCCCCCCCOCCCCNc1cc(C(=S)NCCCSC)ccc1C. The van der Waals surface area contributed by atoms with Crippen LogP contribution in [0.2, 0.25) is 0 Å². The zero-order chi connectivity index (χ0) is 23.3. The summed E-state index contributed by atoms with van der Waals surface area (Å²) in [4.78, 5) is 0.846. The van der Waals surface area contributed by atoms with Crippen molar-refractivity contribution in [2.24, 2.45) is 0 Å². The molecule has 0 aliphatic carbocycles. The molecule has 0 unspecified atom stereocenters. The van der Waals surface area contributed by atoms with Crippen molar-refractivity contribution in [2.75, 3.05) is 43.6 Å². The first-order valence-corrected chi connectivity index (χ1v) is 14.7. The Morgan fingerprint density at radius 3 is 2.22 bits per heavy atom. The maximum Gasteiger partial charge on any atom is 0.106 e. The highest BCUT2D eigenvalue weighted by molar-refractivity contribution is 7.98. The molecule has 32 heavy (non-hydrogen) atoms. The minimum absolute atomic E-state index is 0.846. The zero-order valence-electron chi connectivity index (χ0n) is 21.0. The Balaban J connectivity index is 2.05. The van der Waals surface area contributed by atoms with Gasteiger partial charge in [0, 0.05) is 37.6 Å². The van der Waals surface area contributed by atoms with Crippen molar-refractivity contribution in [3.05, 3.63) is 29.3 Å². The molecule has 2 N–H and O–H groups in total. The van der Waals surface area contributed by atoms with Crippen molar-refractivity contribution >= 4 is 34.7 Å². The second-order valence-electron chi connectivity index (χ2n) is 8.71. The molecule has 5 heteroatoms. The number of thioether (sulfide) groups is 1. The maximum absolute atomic E-state index is 5.82. The lowest BCUT2D eigenvalue weighted by Gasteiger charge is -2.13. The summed E-state index contributed by atoms with van der Waals surface area (Å²) in [7, 11) is 0. The summed E-state index contributed by atoms with van der Waals surface area (Å²) in [6, 6.07) is 6.45. The van der Waals surface area contributed by atoms with Crippen LogP contribution in [-0.2, 0) is 4.74 Å². The number of hydrogen-bond acceptors (Lipinski definition) is 4. The van der Waals surface area contributed by atoms with E-state index in [2.05, 4.69) is 48.9 Å². The van der Waals surface area contributed by atoms with E-state index in [4.69, 9.17) is 17.0 Å². The van der Waals surface area contributed by atoms with Crippen LogP contribution >= 0.6 is 24.0 Å². The fourth-order valence-electron chi connectivity index (χ4n) is 3.64. The standard InChI is InChI=1S/C27H48N2OS2/c1-4-5-6-7-8-9-10-11-13-20-30-21-14-12-18-28-26-23-25(17-16-24(26)2)27(31)29-19-15-22-32-3/h16-17,23,28H,4-15,18-22H2,1-3H3,(H,29,31). The van der Waals surface area contributed by atoms with E-state index in [1.165, 1.54) is 74.8 Å². The van der Waals surface area contributed by atoms with Crippen LogP contribution in [0.15, 0.2) is 18.2 Å². The van der Waals surface area contributed by atoms with Gasteiger partial charge in [0.05, 0.1) is 0 Å². The van der Waals surface area contributed by atoms with Crippen LogP contribution in [-0.4, -0.2) is 43.3 Å². The Hall–Kier alpha value is -0.780. The molecule has 0 spiro atoms. The van der Waals surface area contributed by atoms with Gasteiger partial charge in [-0.3, -0.25) is 0 Å². The van der Waals surface area contributed by atoms with E-state index in [0.29, 0.717) is 0 Å². The Bertz CT molecular complexity index is 595. The molecule has 0 atom stereocenters. The van der Waals surface area contributed by atoms with Crippen molar-refractivity contribution in [3.63, 3.8) is 0 Å². The Morgan fingerprint density at radius 2 is 1.53 bits per heavy atom. The summed E-state index contributed by atoms with van der Waals surface area (Å²) in [6.45, 7) is 8.14. The molecule has 0 fully saturated rings. The number of unbranched alkanes of at least 4 members (excludes halogenated alkanes) is 9. The second-order valence-corrected chi connectivity index (χ2v) is 10.1. The van der Waals surface area contributed by atoms with Gasteiger partial charge in [-0.25, -0.2) is 0 Å². The highest BCUT2D eigenvalue weighted by Crippen LogP contribution is 2.17. The summed E-state index contributed by atoms with van der Waals surface area (Å²) >= 11 is 7.43. The van der Waals surface area contributed by atoms with E-state index in [1.54, 1.807) is 0 Å². The highest BCUT2D eigenvalue weighted by atomic mass is 32.2. The third kappa shape index (κ3) is 15.1. The van der Waals surface area contributed by atoms with E-state index >= 15 is 0 Å². The number of anilines is 1. The highest BCUT2D eigenvalue weighted by Gasteiger charge is 2.05. The van der Waals surface area contributed by atoms with Crippen LogP contribution in [0.1, 0.15) is 95.1 Å². The van der Waals surface area contributed by atoms with Crippen molar-refractivity contribution in [1.29, 1.82) is 0 Å². The van der Waals surface area contributed by atoms with E-state index in [-0.39, 0.29) is 0 Å². The summed E-state index contributed by atoms with van der Waals surface area (Å²) in [5.74, 6) is 1.17. The van der Waals surface area contributed by atoms with Crippen LogP contribution in [0.4, 0.5) is 5.69 Å². The average molecular weight is 481 g/mol. The monoisotopic (exact) mass is 480 g/mol. The molecule has 3 nitrogen and oxygen atoms in total. The molecule has 0 heterocycles. The maximum atomic E-state index is 5.82. The van der Waals surface area contributed by atoms with Gasteiger partial charge in [-0.1, -0.05) is 82.6 Å². The number of rotatable bonds is 21. The fourth-order valence-corrected chi connectivity index (χ4v) is 4.31. The predicted molar refractivity (Wildman–Crippen MR) is 150 cm³/mol. The quantitative estimate of drug-likeness (QED) is 0.139. The first-order valence-electron chi connectivity index (χ1n) is 12.9. The number of ether oxygens (including phenoxy) is 1. The number of thiocarbonyl (C=S) groups is 1. The van der Waals surface area contributed by atoms with Gasteiger partial charge in [-0.15, -0.1) is 0 Å². The largest absolute Gasteiger partial charge is 0.385 e. The number of hydrogen-bond donors (Lipinski definition) is 2. The molecule has 1 rings (SSSR count). The lowest BCUT2D eigenvalue weighted by molar-refractivity contribution is 0.127. The van der Waals surface area contributed by atoms with Gasteiger partial charge in [0.2, 0.25) is 0 Å². The van der Waals surface area contributed by atoms with Crippen molar-refractivity contribution in [3.8, 4) is 0 Å². The molecule has 0 bridgehead atoms. The summed E-state index contributed by atoms with van der Waals surface area (Å²) in [5, 5.41) is 6.96. The van der Waals surface area contributed by atoms with Gasteiger partial charge in [0.25, 0.3) is 0 Å². The molecular formula is C27H48N2OS2. The number of benzene rings is 1. The van der Waals surface area contributed by atoms with Crippen LogP contribution in [0.5, 0.6) is 0 Å². The molecule has 184 valence electrons. The minimum Gasteiger partial charge on any atom is -0.385 e. The predicted octanol–water partition coefficient (Wildman–Crippen LogP) is 7.75. The van der Waals surface area contributed by atoms with Gasteiger partial charge in [0.15, 0.2) is 0 Å². The zero-order valence-corrected chi connectivity index (χ0v) is 22.6. The lowest BCUT2D eigenvalue weighted by Crippen LogP contribution is -2.24. The average Bonchev–Trinajstić information content (AvgIpc) is 2.80. The van der Waals surface area contributed by atoms with Gasteiger partial charge in [0.1, 0.15) is 4.99 Å². The molecule has 0 aliphatic heterocycles. The second kappa shape index (κ2) is 20.8. The molecular weight excluding hydrogens is 432 g/mol. The Morgan fingerprint density at radius 1 is 0.875 bits per heavy atom. The summed E-state index contributed by atoms with van der Waals surface area (Å²) < 4.78 is 5.82. The van der Waals surface area contributed by atoms with E-state index in [9.17, 15) is 0 Å². The van der Waals surface area contributed by atoms with Gasteiger partial charge in [-0.2, -0.15) is 11.8 Å². The molecule has 0 radical (unpaired) electrons. The third-order valence-electron chi connectivity index (χ3n) is 5.73. The first kappa shape index (κ1) is 29.3. The van der Waals surface area contributed by atoms with Crippen LogP contribution < -0.4 is 10.6 Å². The van der Waals surface area contributed by atoms with Crippen molar-refractivity contribution < 1.29 is 4.74 Å². The molecule has 1 aromatic rings. The van der Waals surface area contributed by atoms with Crippen molar-refractivity contribution in [2.45, 2.75) is 90.9 Å². The third-order valence-corrected chi connectivity index (χ3v) is 6.81. The Kier molecular flexibility index (Phi) is 19.0. The van der Waals surface area contributed by atoms with Crippen LogP contribution in [0.25, 0.3) is 0 Å². The minimum atomic E-state index is 0.846. The molecule has 0 saturated carbocycles. The van der Waals surface area contributed by atoms with Gasteiger partial charge >= 0.3 is 0 Å². The normalized spacial score (nSPS) is 11.0.